The van der Waals surface area contributed by atoms with Crippen LogP contribution in [0.15, 0.2) is 34.9 Å². The Morgan fingerprint density at radius 3 is 2.43 bits per heavy atom. The highest BCUT2D eigenvalue weighted by Gasteiger charge is 2.22. The summed E-state index contributed by atoms with van der Waals surface area (Å²) in [6, 6.07) is 10.3. The number of benzene rings is 1. The molecule has 3 aromatic rings. The van der Waals surface area contributed by atoms with Crippen LogP contribution in [-0.2, 0) is 0 Å². The minimum absolute atomic E-state index is 0.854. The molecule has 2 aromatic heterocycles. The highest BCUT2D eigenvalue weighted by Crippen LogP contribution is 2.28. The molecule has 0 aliphatic carbocycles. The molecule has 0 saturated carbocycles. The summed E-state index contributed by atoms with van der Waals surface area (Å²) in [7, 11) is 0. The number of rotatable bonds is 2. The van der Waals surface area contributed by atoms with Gasteiger partial charge in [0.2, 0.25) is 0 Å². The predicted molar refractivity (Wildman–Crippen MR) is 89.9 cm³/mol. The third kappa shape index (κ3) is 2.60. The van der Waals surface area contributed by atoms with Crippen LogP contribution in [0.5, 0.6) is 0 Å². The summed E-state index contributed by atoms with van der Waals surface area (Å²) >= 11 is 0. The summed E-state index contributed by atoms with van der Waals surface area (Å²) < 4.78 is 5.48. The number of anilines is 2. The second-order valence-corrected chi connectivity index (χ2v) is 6.01. The van der Waals surface area contributed by atoms with Crippen LogP contribution in [0.2, 0.25) is 0 Å². The first-order valence-corrected chi connectivity index (χ1v) is 7.87. The van der Waals surface area contributed by atoms with Gasteiger partial charge in [0.05, 0.1) is 11.1 Å². The van der Waals surface area contributed by atoms with E-state index in [9.17, 15) is 0 Å². The predicted octanol–water partition coefficient (Wildman–Crippen LogP) is 2.56. The van der Waals surface area contributed by atoms with Gasteiger partial charge in [-0.2, -0.15) is 5.10 Å². The molecular formula is C17H19N5O. The van der Waals surface area contributed by atoms with E-state index in [1.54, 1.807) is 0 Å². The molecule has 1 aliphatic heterocycles. The van der Waals surface area contributed by atoms with Crippen LogP contribution >= 0.6 is 0 Å². The van der Waals surface area contributed by atoms with Crippen molar-refractivity contribution in [1.82, 2.24) is 15.4 Å². The van der Waals surface area contributed by atoms with E-state index < -0.39 is 0 Å². The average Bonchev–Trinajstić information content (AvgIpc) is 2.99. The molecule has 6 heteroatoms. The van der Waals surface area contributed by atoms with Gasteiger partial charge in [-0.3, -0.25) is 0 Å². The van der Waals surface area contributed by atoms with Gasteiger partial charge in [0, 0.05) is 26.2 Å². The Hall–Kier alpha value is -2.63. The van der Waals surface area contributed by atoms with E-state index in [1.807, 2.05) is 25.1 Å². The Morgan fingerprint density at radius 1 is 0.913 bits per heavy atom. The minimum atomic E-state index is 0.854. The first kappa shape index (κ1) is 14.0. The van der Waals surface area contributed by atoms with Crippen LogP contribution in [0.1, 0.15) is 11.3 Å². The smallest absolute Gasteiger partial charge is 0.180 e. The van der Waals surface area contributed by atoms with E-state index in [-0.39, 0.29) is 0 Å². The van der Waals surface area contributed by atoms with E-state index in [2.05, 4.69) is 44.2 Å². The molecule has 1 aromatic carbocycles. The molecule has 4 rings (SSSR count). The van der Waals surface area contributed by atoms with Crippen molar-refractivity contribution >= 4 is 22.6 Å². The van der Waals surface area contributed by atoms with Crippen LogP contribution in [-0.4, -0.2) is 41.5 Å². The summed E-state index contributed by atoms with van der Waals surface area (Å²) in [4.78, 5) is 4.54. The van der Waals surface area contributed by atoms with Crippen LogP contribution in [0.4, 0.5) is 11.6 Å². The lowest BCUT2D eigenvalue weighted by molar-refractivity contribution is 0.452. The molecule has 1 saturated heterocycles. The SMILES string of the molecule is Cc1ccc2c(N3CCN(c4ccc(C)nn4)CC3)noc2c1. The molecule has 1 aliphatic rings. The molecule has 0 radical (unpaired) electrons. The number of aryl methyl sites for hydroxylation is 2. The molecule has 0 bridgehead atoms. The maximum atomic E-state index is 5.48. The van der Waals surface area contributed by atoms with Gasteiger partial charge < -0.3 is 14.3 Å². The third-order valence-corrected chi connectivity index (χ3v) is 4.30. The lowest BCUT2D eigenvalue weighted by atomic mass is 10.2. The number of hydrogen-bond acceptors (Lipinski definition) is 6. The molecule has 0 N–H and O–H groups in total. The number of nitrogens with zero attached hydrogens (tertiary/aromatic N) is 5. The zero-order valence-electron chi connectivity index (χ0n) is 13.4. The van der Waals surface area contributed by atoms with Crippen LogP contribution in [0.25, 0.3) is 11.0 Å². The second-order valence-electron chi connectivity index (χ2n) is 6.01. The molecule has 0 spiro atoms. The lowest BCUT2D eigenvalue weighted by Crippen LogP contribution is -2.47. The highest BCUT2D eigenvalue weighted by atomic mass is 16.5. The quantitative estimate of drug-likeness (QED) is 0.725. The molecular weight excluding hydrogens is 290 g/mol. The van der Waals surface area contributed by atoms with Crippen LogP contribution < -0.4 is 9.80 Å². The minimum Gasteiger partial charge on any atom is -0.354 e. The number of fused-ring (bicyclic) bond motifs is 1. The average molecular weight is 309 g/mol. The van der Waals surface area contributed by atoms with Crippen molar-refractivity contribution in [2.45, 2.75) is 13.8 Å². The van der Waals surface area contributed by atoms with Crippen LogP contribution in [0, 0.1) is 13.8 Å². The maximum absolute atomic E-state index is 5.48. The van der Waals surface area contributed by atoms with E-state index >= 15 is 0 Å². The Balaban J connectivity index is 1.51. The lowest BCUT2D eigenvalue weighted by Gasteiger charge is -2.35. The monoisotopic (exact) mass is 309 g/mol. The van der Waals surface area contributed by atoms with Gasteiger partial charge in [0.25, 0.3) is 0 Å². The van der Waals surface area contributed by atoms with E-state index in [0.29, 0.717) is 0 Å². The van der Waals surface area contributed by atoms with Crippen molar-refractivity contribution in [2.24, 2.45) is 0 Å². The van der Waals surface area contributed by atoms with Crippen molar-refractivity contribution < 1.29 is 4.52 Å². The van der Waals surface area contributed by atoms with E-state index in [0.717, 1.165) is 54.5 Å². The molecule has 1 fully saturated rings. The van der Waals surface area contributed by atoms with Crippen LogP contribution in [0.3, 0.4) is 0 Å². The highest BCUT2D eigenvalue weighted by molar-refractivity contribution is 5.89. The van der Waals surface area contributed by atoms with Crippen molar-refractivity contribution in [1.29, 1.82) is 0 Å². The van der Waals surface area contributed by atoms with Gasteiger partial charge in [-0.25, -0.2) is 0 Å². The Kier molecular flexibility index (Phi) is 3.37. The van der Waals surface area contributed by atoms with Crippen molar-refractivity contribution in [3.63, 3.8) is 0 Å². The third-order valence-electron chi connectivity index (χ3n) is 4.30. The zero-order chi connectivity index (χ0) is 15.8. The molecule has 0 amide bonds. The fourth-order valence-electron chi connectivity index (χ4n) is 2.97. The summed E-state index contributed by atoms with van der Waals surface area (Å²) in [6.07, 6.45) is 0. The molecule has 0 unspecified atom stereocenters. The summed E-state index contributed by atoms with van der Waals surface area (Å²) in [6.45, 7) is 7.60. The standard InChI is InChI=1S/C17H19N5O/c1-12-3-5-14-15(11-12)23-20-17(14)22-9-7-21(8-10-22)16-6-4-13(2)18-19-16/h3-6,11H,7-10H2,1-2H3. The summed E-state index contributed by atoms with van der Waals surface area (Å²) in [5.41, 5.74) is 2.98. The van der Waals surface area contributed by atoms with Gasteiger partial charge in [-0.15, -0.1) is 5.10 Å². The second kappa shape index (κ2) is 5.53. The fourth-order valence-corrected chi connectivity index (χ4v) is 2.97. The summed E-state index contributed by atoms with van der Waals surface area (Å²) in [5.74, 6) is 1.88. The largest absolute Gasteiger partial charge is 0.354 e. The van der Waals surface area contributed by atoms with Gasteiger partial charge >= 0.3 is 0 Å². The molecule has 6 nitrogen and oxygen atoms in total. The normalized spacial score (nSPS) is 15.4. The van der Waals surface area contributed by atoms with E-state index in [4.69, 9.17) is 4.52 Å². The maximum Gasteiger partial charge on any atom is 0.180 e. The number of hydrogen-bond donors (Lipinski definition) is 0. The van der Waals surface area contributed by atoms with Crippen molar-refractivity contribution in [3.05, 3.63) is 41.6 Å². The van der Waals surface area contributed by atoms with Crippen molar-refractivity contribution in [2.75, 3.05) is 36.0 Å². The molecule has 3 heterocycles. The van der Waals surface area contributed by atoms with Gasteiger partial charge in [0.1, 0.15) is 0 Å². The van der Waals surface area contributed by atoms with E-state index in [1.165, 1.54) is 5.56 Å². The summed E-state index contributed by atoms with van der Waals surface area (Å²) in [5, 5.41) is 13.8. The van der Waals surface area contributed by atoms with Gasteiger partial charge in [-0.1, -0.05) is 11.2 Å². The Labute approximate surface area is 134 Å². The zero-order valence-corrected chi connectivity index (χ0v) is 13.4. The van der Waals surface area contributed by atoms with Gasteiger partial charge in [0.15, 0.2) is 17.2 Å². The van der Waals surface area contributed by atoms with Gasteiger partial charge in [-0.05, 0) is 43.7 Å². The fraction of sp³-hybridized carbons (Fsp3) is 0.353. The molecule has 23 heavy (non-hydrogen) atoms. The molecule has 0 atom stereocenters. The number of aromatic nitrogens is 3. The Bertz CT molecular complexity index is 819. The first-order valence-electron chi connectivity index (χ1n) is 7.87. The topological polar surface area (TPSA) is 58.3 Å². The molecule has 118 valence electrons. The Morgan fingerprint density at radius 2 is 1.70 bits per heavy atom. The number of piperazine rings is 1. The van der Waals surface area contributed by atoms with Crippen molar-refractivity contribution in [3.8, 4) is 0 Å². The first-order chi connectivity index (χ1) is 11.2.